The van der Waals surface area contributed by atoms with Gasteiger partial charge in [0, 0.05) is 5.56 Å². The third-order valence-corrected chi connectivity index (χ3v) is 3.57. The highest BCUT2D eigenvalue weighted by Gasteiger charge is 2.30. The number of benzene rings is 1. The molecular formula is C16H27BClNO3. The molecule has 124 valence electrons. The van der Waals surface area contributed by atoms with E-state index in [4.69, 9.17) is 16.3 Å². The number of halogens is 1. The molecule has 0 heterocycles. The summed E-state index contributed by atoms with van der Waals surface area (Å²) in [6.45, 7) is 7.88. The summed E-state index contributed by atoms with van der Waals surface area (Å²) in [4.78, 5) is 12.6. The molecule has 0 spiro atoms. The Balaban J connectivity index is 0.000000980. The molecule has 1 aromatic rings. The van der Waals surface area contributed by atoms with Crippen LogP contribution in [-0.4, -0.2) is 50.1 Å². The highest BCUT2D eigenvalue weighted by molar-refractivity contribution is 6.60. The first-order chi connectivity index (χ1) is 10.0. The second-order valence-corrected chi connectivity index (χ2v) is 6.88. The van der Waals surface area contributed by atoms with Crippen LogP contribution in [0, 0.1) is 5.92 Å². The van der Waals surface area contributed by atoms with E-state index in [2.05, 4.69) is 0 Å². The van der Waals surface area contributed by atoms with E-state index >= 15 is 0 Å². The van der Waals surface area contributed by atoms with Crippen LogP contribution < -0.4 is 5.46 Å². The van der Waals surface area contributed by atoms with Gasteiger partial charge in [0.15, 0.2) is 6.29 Å². The van der Waals surface area contributed by atoms with E-state index in [0.29, 0.717) is 22.3 Å². The Morgan fingerprint density at radius 1 is 1.32 bits per heavy atom. The fourth-order valence-electron chi connectivity index (χ4n) is 1.28. The normalized spacial score (nSPS) is 11.2. The van der Waals surface area contributed by atoms with Gasteiger partial charge in [-0.3, -0.25) is 4.79 Å². The van der Waals surface area contributed by atoms with Crippen molar-refractivity contribution in [1.29, 1.82) is 0 Å². The molecular weight excluding hydrogens is 300 g/mol. The van der Waals surface area contributed by atoms with E-state index in [1.54, 1.807) is 18.2 Å². The van der Waals surface area contributed by atoms with Crippen molar-refractivity contribution in [2.75, 3.05) is 21.1 Å². The van der Waals surface area contributed by atoms with Crippen molar-refractivity contribution in [2.24, 2.45) is 5.92 Å². The molecule has 0 aliphatic carbocycles. The number of carbonyl (C=O) groups excluding carboxylic acids is 1. The topological polar surface area (TPSA) is 49.8 Å². The van der Waals surface area contributed by atoms with Gasteiger partial charge in [-0.1, -0.05) is 37.6 Å². The Morgan fingerprint density at radius 3 is 2.18 bits per heavy atom. The van der Waals surface area contributed by atoms with Gasteiger partial charge in [0.05, 0.1) is 10.6 Å². The fraction of sp³-hybridized carbons (Fsp3) is 0.562. The van der Waals surface area contributed by atoms with Gasteiger partial charge >= 0.3 is 7.12 Å². The zero-order valence-electron chi connectivity index (χ0n) is 14.6. The minimum Gasteiger partial charge on any atom is -0.423 e. The Morgan fingerprint density at radius 2 is 1.82 bits per heavy atom. The smallest absolute Gasteiger partial charge is 0.423 e. The molecule has 1 N–H and O–H groups in total. The Labute approximate surface area is 139 Å². The molecule has 0 saturated carbocycles. The van der Waals surface area contributed by atoms with Gasteiger partial charge < -0.3 is 14.6 Å². The van der Waals surface area contributed by atoms with Crippen molar-refractivity contribution < 1.29 is 14.5 Å². The van der Waals surface area contributed by atoms with Gasteiger partial charge in [-0.25, -0.2) is 0 Å². The molecule has 0 unspecified atom stereocenters. The minimum absolute atomic E-state index is 0.261. The van der Waals surface area contributed by atoms with Crippen molar-refractivity contribution in [3.05, 3.63) is 28.8 Å². The number of carbonyl (C=O) groups is 1. The Bertz CT molecular complexity index is 476. The van der Waals surface area contributed by atoms with E-state index in [1.807, 2.05) is 53.7 Å². The third kappa shape index (κ3) is 7.41. The lowest BCUT2D eigenvalue weighted by atomic mass is 9.77. The average Bonchev–Trinajstić information content (AvgIpc) is 2.37. The molecule has 0 aromatic heterocycles. The Kier molecular flexibility index (Phi) is 8.94. The van der Waals surface area contributed by atoms with Gasteiger partial charge in [0.1, 0.15) is 0 Å². The van der Waals surface area contributed by atoms with Crippen molar-refractivity contribution in [3.8, 4) is 0 Å². The molecule has 0 fully saturated rings. The number of hydrogen-bond acceptors (Lipinski definition) is 4. The largest absolute Gasteiger partial charge is 0.491 e. The summed E-state index contributed by atoms with van der Waals surface area (Å²) in [5.41, 5.74) is 0.491. The van der Waals surface area contributed by atoms with Crippen LogP contribution in [-0.2, 0) is 4.65 Å². The lowest BCUT2D eigenvalue weighted by Crippen LogP contribution is -2.44. The molecule has 0 aliphatic heterocycles. The lowest BCUT2D eigenvalue weighted by molar-refractivity contribution is 0.0423. The SMILES string of the molecule is CC(C)C(C)(C)OB(O)c1ccc(C=O)c(Cl)c1.CN(C)C. The van der Waals surface area contributed by atoms with Gasteiger partial charge in [-0.15, -0.1) is 0 Å². The van der Waals surface area contributed by atoms with Crippen LogP contribution in [0.25, 0.3) is 0 Å². The molecule has 0 radical (unpaired) electrons. The summed E-state index contributed by atoms with van der Waals surface area (Å²) >= 11 is 5.91. The summed E-state index contributed by atoms with van der Waals surface area (Å²) < 4.78 is 5.62. The van der Waals surface area contributed by atoms with Crippen LogP contribution in [0.5, 0.6) is 0 Å². The predicted octanol–water partition coefficient (Wildman–Crippen LogP) is 2.47. The van der Waals surface area contributed by atoms with E-state index in [0.717, 1.165) is 0 Å². The third-order valence-electron chi connectivity index (χ3n) is 3.24. The van der Waals surface area contributed by atoms with E-state index < -0.39 is 12.7 Å². The quantitative estimate of drug-likeness (QED) is 0.667. The summed E-state index contributed by atoms with van der Waals surface area (Å²) in [6.07, 6.45) is 0.678. The molecule has 0 atom stereocenters. The molecule has 4 nitrogen and oxygen atoms in total. The van der Waals surface area contributed by atoms with Crippen LogP contribution in [0.15, 0.2) is 18.2 Å². The molecule has 0 saturated heterocycles. The van der Waals surface area contributed by atoms with Crippen LogP contribution in [0.2, 0.25) is 5.02 Å². The second kappa shape index (κ2) is 9.31. The number of hydrogen-bond donors (Lipinski definition) is 1. The van der Waals surface area contributed by atoms with Crippen molar-refractivity contribution in [3.63, 3.8) is 0 Å². The molecule has 1 rings (SSSR count). The molecule has 6 heteroatoms. The zero-order chi connectivity index (χ0) is 17.5. The molecule has 0 aliphatic rings. The molecule has 0 bridgehead atoms. The highest BCUT2D eigenvalue weighted by Crippen LogP contribution is 2.21. The average molecular weight is 328 g/mol. The van der Waals surface area contributed by atoms with E-state index in [-0.39, 0.29) is 5.92 Å². The molecule has 1 aromatic carbocycles. The zero-order valence-corrected chi connectivity index (χ0v) is 15.3. The fourth-order valence-corrected chi connectivity index (χ4v) is 1.52. The minimum atomic E-state index is -1.05. The second-order valence-electron chi connectivity index (χ2n) is 6.47. The first kappa shape index (κ1) is 21.1. The number of nitrogens with zero attached hydrogens (tertiary/aromatic N) is 1. The summed E-state index contributed by atoms with van der Waals surface area (Å²) in [7, 11) is 4.95. The number of rotatable bonds is 5. The van der Waals surface area contributed by atoms with E-state index in [1.165, 1.54) is 0 Å². The molecule has 22 heavy (non-hydrogen) atoms. The van der Waals surface area contributed by atoms with Crippen LogP contribution in [0.3, 0.4) is 0 Å². The standard InChI is InChI=1S/C13H18BClO3.C3H9N/c1-9(2)13(3,4)18-14(17)11-6-5-10(8-16)12(15)7-11;1-4(2)3/h5-9,17H,1-4H3;1-3H3. The van der Waals surface area contributed by atoms with Crippen molar-refractivity contribution in [1.82, 2.24) is 4.90 Å². The summed E-state index contributed by atoms with van der Waals surface area (Å²) in [5.74, 6) is 0.261. The summed E-state index contributed by atoms with van der Waals surface area (Å²) in [5, 5.41) is 10.3. The molecule has 0 amide bonds. The first-order valence-corrected chi connectivity index (χ1v) is 7.60. The van der Waals surface area contributed by atoms with Crippen LogP contribution in [0.1, 0.15) is 38.1 Å². The van der Waals surface area contributed by atoms with E-state index in [9.17, 15) is 9.82 Å². The predicted molar refractivity (Wildman–Crippen MR) is 94.1 cm³/mol. The maximum Gasteiger partial charge on any atom is 0.491 e. The first-order valence-electron chi connectivity index (χ1n) is 7.22. The highest BCUT2D eigenvalue weighted by atomic mass is 35.5. The van der Waals surface area contributed by atoms with Crippen molar-refractivity contribution >= 4 is 30.5 Å². The maximum absolute atomic E-state index is 10.6. The van der Waals surface area contributed by atoms with Crippen LogP contribution >= 0.6 is 11.6 Å². The van der Waals surface area contributed by atoms with Gasteiger partial charge in [0.25, 0.3) is 0 Å². The van der Waals surface area contributed by atoms with Gasteiger partial charge in [-0.05, 0) is 52.4 Å². The lowest BCUT2D eigenvalue weighted by Gasteiger charge is -2.31. The number of aldehydes is 1. The van der Waals surface area contributed by atoms with Gasteiger partial charge in [-0.2, -0.15) is 0 Å². The van der Waals surface area contributed by atoms with Crippen LogP contribution in [0.4, 0.5) is 0 Å². The monoisotopic (exact) mass is 327 g/mol. The van der Waals surface area contributed by atoms with Gasteiger partial charge in [0.2, 0.25) is 0 Å². The summed E-state index contributed by atoms with van der Waals surface area (Å²) in [6, 6.07) is 4.75. The maximum atomic E-state index is 10.6. The van der Waals surface area contributed by atoms with Crippen molar-refractivity contribution in [2.45, 2.75) is 33.3 Å². The Hall–Kier alpha value is -0.875.